The molecule has 1 unspecified atom stereocenters. The molecule has 0 bridgehead atoms. The average molecular weight is 323 g/mol. The number of nitrogens with zero attached hydrogens (tertiary/aromatic N) is 1. The number of carboxylic acids is 1. The Kier molecular flexibility index (Phi) is 4.37. The average Bonchev–Trinajstić information content (AvgIpc) is 2.53. The maximum Gasteiger partial charge on any atom is 0.414 e. The predicted molar refractivity (Wildman–Crippen MR) is 84.4 cm³/mol. The van der Waals surface area contributed by atoms with Gasteiger partial charge < -0.3 is 9.84 Å². The zero-order valence-electron chi connectivity index (χ0n) is 13.8. The van der Waals surface area contributed by atoms with Gasteiger partial charge in [-0.1, -0.05) is 25.1 Å². The lowest BCUT2D eigenvalue weighted by molar-refractivity contribution is -0.154. The van der Waals surface area contributed by atoms with Crippen LogP contribution in [-0.2, 0) is 16.0 Å². The van der Waals surface area contributed by atoms with Crippen molar-refractivity contribution in [2.45, 2.75) is 45.4 Å². The van der Waals surface area contributed by atoms with Crippen LogP contribution in [0.15, 0.2) is 24.3 Å². The van der Waals surface area contributed by atoms with E-state index in [1.165, 1.54) is 11.8 Å². The minimum atomic E-state index is -2.42. The van der Waals surface area contributed by atoms with Gasteiger partial charge in [-0.05, 0) is 32.4 Å². The minimum Gasteiger partial charge on any atom is -0.479 e. The summed E-state index contributed by atoms with van der Waals surface area (Å²) in [5.74, 6) is -2.38. The number of alkyl halides is 1. The van der Waals surface area contributed by atoms with Crippen molar-refractivity contribution < 1.29 is 23.8 Å². The maximum atomic E-state index is 15.0. The number of anilines is 1. The van der Waals surface area contributed by atoms with Gasteiger partial charge in [0, 0.05) is 18.9 Å². The Morgan fingerprint density at radius 2 is 1.96 bits per heavy atom. The normalized spacial score (nSPS) is 24.6. The lowest BCUT2D eigenvalue weighted by Crippen LogP contribution is -2.47. The first-order chi connectivity index (χ1) is 10.5. The lowest BCUT2D eigenvalue weighted by atomic mass is 9.86. The van der Waals surface area contributed by atoms with Gasteiger partial charge in [-0.15, -0.1) is 0 Å². The highest BCUT2D eigenvalue weighted by molar-refractivity contribution is 5.90. The molecule has 2 atom stereocenters. The molecule has 1 heterocycles. The van der Waals surface area contributed by atoms with Crippen LogP contribution in [0.5, 0.6) is 0 Å². The first-order valence-corrected chi connectivity index (χ1v) is 7.55. The molecule has 5 nitrogen and oxygen atoms in total. The Morgan fingerprint density at radius 1 is 1.35 bits per heavy atom. The molecule has 0 saturated carbocycles. The second-order valence-corrected chi connectivity index (χ2v) is 6.97. The molecule has 0 saturated heterocycles. The lowest BCUT2D eigenvalue weighted by Gasteiger charge is -2.30. The van der Waals surface area contributed by atoms with E-state index < -0.39 is 29.3 Å². The van der Waals surface area contributed by atoms with Crippen LogP contribution in [0.25, 0.3) is 0 Å². The summed E-state index contributed by atoms with van der Waals surface area (Å²) in [7, 11) is 0. The standard InChI is InChI=1S/C17H22FNO4/c1-11-10-19(15(22)23-16(2,3)4)13-8-6-5-7-12(13)9-17(11,18)14(20)21/h5-8,11H,9-10H2,1-4H3,(H,20,21)/t11-,17?/m1/s1. The molecule has 0 fully saturated rings. The molecule has 23 heavy (non-hydrogen) atoms. The number of fused-ring (bicyclic) bond motifs is 1. The molecule has 1 aliphatic rings. The van der Waals surface area contributed by atoms with Gasteiger partial charge in [0.25, 0.3) is 0 Å². The van der Waals surface area contributed by atoms with Crippen LogP contribution in [0.1, 0.15) is 33.3 Å². The maximum absolute atomic E-state index is 15.0. The van der Waals surface area contributed by atoms with E-state index in [2.05, 4.69) is 0 Å². The molecule has 1 aromatic rings. The van der Waals surface area contributed by atoms with Gasteiger partial charge in [0.1, 0.15) is 5.60 Å². The van der Waals surface area contributed by atoms with Gasteiger partial charge in [0.2, 0.25) is 5.67 Å². The fourth-order valence-electron chi connectivity index (χ4n) is 2.67. The summed E-state index contributed by atoms with van der Waals surface area (Å²) in [5.41, 5.74) is -2.14. The van der Waals surface area contributed by atoms with Crippen molar-refractivity contribution in [2.75, 3.05) is 11.4 Å². The van der Waals surface area contributed by atoms with Crippen LogP contribution < -0.4 is 4.90 Å². The zero-order chi connectivity index (χ0) is 17.4. The Bertz CT molecular complexity index is 625. The number of carbonyl (C=O) groups excluding carboxylic acids is 1. The van der Waals surface area contributed by atoms with Gasteiger partial charge in [-0.25, -0.2) is 14.0 Å². The number of para-hydroxylation sites is 1. The number of rotatable bonds is 1. The SMILES string of the molecule is C[C@@H]1CN(C(=O)OC(C)(C)C)c2ccccc2CC1(F)C(=O)O. The Balaban J connectivity index is 2.46. The predicted octanol–water partition coefficient (Wildman–Crippen LogP) is 3.41. The number of benzene rings is 1. The number of amides is 1. The molecular formula is C17H22FNO4. The highest BCUT2D eigenvalue weighted by atomic mass is 19.1. The molecule has 1 aromatic carbocycles. The summed E-state index contributed by atoms with van der Waals surface area (Å²) in [6.45, 7) is 6.67. The highest BCUT2D eigenvalue weighted by Crippen LogP contribution is 2.37. The van der Waals surface area contributed by atoms with E-state index in [9.17, 15) is 14.7 Å². The van der Waals surface area contributed by atoms with E-state index >= 15 is 4.39 Å². The van der Waals surface area contributed by atoms with E-state index in [0.717, 1.165) is 0 Å². The van der Waals surface area contributed by atoms with Crippen LogP contribution in [0.3, 0.4) is 0 Å². The first-order valence-electron chi connectivity index (χ1n) is 7.55. The van der Waals surface area contributed by atoms with Crippen LogP contribution in [0, 0.1) is 5.92 Å². The summed E-state index contributed by atoms with van der Waals surface area (Å²) in [6, 6.07) is 6.75. The fourth-order valence-corrected chi connectivity index (χ4v) is 2.67. The molecule has 1 N–H and O–H groups in total. The van der Waals surface area contributed by atoms with E-state index in [0.29, 0.717) is 11.3 Å². The molecule has 0 radical (unpaired) electrons. The number of ether oxygens (including phenoxy) is 1. The van der Waals surface area contributed by atoms with Crippen LogP contribution in [0.2, 0.25) is 0 Å². The monoisotopic (exact) mass is 323 g/mol. The van der Waals surface area contributed by atoms with Crippen molar-refractivity contribution in [3.63, 3.8) is 0 Å². The van der Waals surface area contributed by atoms with E-state index in [1.54, 1.807) is 45.0 Å². The third-order valence-electron chi connectivity index (χ3n) is 3.94. The van der Waals surface area contributed by atoms with Crippen molar-refractivity contribution in [1.82, 2.24) is 0 Å². The van der Waals surface area contributed by atoms with Crippen molar-refractivity contribution >= 4 is 17.7 Å². The van der Waals surface area contributed by atoms with Crippen molar-refractivity contribution in [3.8, 4) is 0 Å². The largest absolute Gasteiger partial charge is 0.479 e. The summed E-state index contributed by atoms with van der Waals surface area (Å²) >= 11 is 0. The van der Waals surface area contributed by atoms with E-state index in [1.807, 2.05) is 0 Å². The highest BCUT2D eigenvalue weighted by Gasteiger charge is 2.48. The van der Waals surface area contributed by atoms with Gasteiger partial charge in [-0.3, -0.25) is 4.90 Å². The van der Waals surface area contributed by atoms with Crippen LogP contribution in [-0.4, -0.2) is 35.0 Å². The Labute approximate surface area is 135 Å². The molecule has 126 valence electrons. The number of halogens is 1. The smallest absolute Gasteiger partial charge is 0.414 e. The summed E-state index contributed by atoms with van der Waals surface area (Å²) in [4.78, 5) is 25.3. The third-order valence-corrected chi connectivity index (χ3v) is 3.94. The summed E-state index contributed by atoms with van der Waals surface area (Å²) < 4.78 is 20.4. The van der Waals surface area contributed by atoms with Crippen LogP contribution >= 0.6 is 0 Å². The summed E-state index contributed by atoms with van der Waals surface area (Å²) in [5, 5.41) is 9.32. The van der Waals surface area contributed by atoms with Crippen molar-refractivity contribution in [2.24, 2.45) is 5.92 Å². The number of carboxylic acid groups (broad SMARTS) is 1. The number of aliphatic carboxylic acids is 1. The summed E-state index contributed by atoms with van der Waals surface area (Å²) in [6.07, 6.45) is -0.884. The van der Waals surface area contributed by atoms with E-state index in [-0.39, 0.29) is 13.0 Å². The number of carbonyl (C=O) groups is 2. The Morgan fingerprint density at radius 3 is 2.52 bits per heavy atom. The second kappa shape index (κ2) is 5.83. The molecule has 2 rings (SSSR count). The Hall–Kier alpha value is -2.11. The first kappa shape index (κ1) is 17.2. The van der Waals surface area contributed by atoms with Crippen molar-refractivity contribution in [3.05, 3.63) is 29.8 Å². The molecule has 6 heteroatoms. The number of hydrogen-bond donors (Lipinski definition) is 1. The van der Waals surface area contributed by atoms with Crippen LogP contribution in [0.4, 0.5) is 14.9 Å². The minimum absolute atomic E-state index is 0.0608. The van der Waals surface area contributed by atoms with Gasteiger partial charge in [0.15, 0.2) is 0 Å². The molecule has 1 aliphatic heterocycles. The molecule has 0 spiro atoms. The van der Waals surface area contributed by atoms with Crippen molar-refractivity contribution in [1.29, 1.82) is 0 Å². The fraction of sp³-hybridized carbons (Fsp3) is 0.529. The second-order valence-electron chi connectivity index (χ2n) is 6.97. The molecule has 1 amide bonds. The molecule has 0 aliphatic carbocycles. The topological polar surface area (TPSA) is 66.8 Å². The van der Waals surface area contributed by atoms with Gasteiger partial charge in [-0.2, -0.15) is 0 Å². The zero-order valence-corrected chi connectivity index (χ0v) is 13.8. The van der Waals surface area contributed by atoms with Gasteiger partial charge >= 0.3 is 12.1 Å². The molecule has 0 aromatic heterocycles. The number of hydrogen-bond acceptors (Lipinski definition) is 3. The third kappa shape index (κ3) is 3.46. The molecular weight excluding hydrogens is 301 g/mol. The quantitative estimate of drug-likeness (QED) is 0.860. The van der Waals surface area contributed by atoms with Gasteiger partial charge in [0.05, 0.1) is 5.69 Å². The van der Waals surface area contributed by atoms with E-state index in [4.69, 9.17) is 4.74 Å².